The topological polar surface area (TPSA) is 65.9 Å². The summed E-state index contributed by atoms with van der Waals surface area (Å²) in [5.41, 5.74) is 1.34. The van der Waals surface area contributed by atoms with Crippen molar-refractivity contribution >= 4 is 29.9 Å². The van der Waals surface area contributed by atoms with Crippen LogP contribution in [0.25, 0.3) is 0 Å². The smallest absolute Gasteiger partial charge is 0.191 e. The maximum atomic E-state index is 9.61. The Morgan fingerprint density at radius 2 is 1.85 bits per heavy atom. The average molecular weight is 475 g/mol. The number of nitrogens with one attached hydrogen (secondary N) is 2. The highest BCUT2D eigenvalue weighted by Crippen LogP contribution is 2.18. The molecule has 6 heteroatoms. The largest absolute Gasteiger partial charge is 0.497 e. The summed E-state index contributed by atoms with van der Waals surface area (Å²) in [4.78, 5) is 4.70. The molecule has 1 aliphatic carbocycles. The van der Waals surface area contributed by atoms with Gasteiger partial charge in [-0.3, -0.25) is 4.99 Å². The zero-order valence-electron chi connectivity index (χ0n) is 16.0. The van der Waals surface area contributed by atoms with Crippen LogP contribution in [-0.4, -0.2) is 43.4 Å². The van der Waals surface area contributed by atoms with Gasteiger partial charge in [-0.05, 0) is 69.6 Å². The third-order valence-electron chi connectivity index (χ3n) is 4.68. The van der Waals surface area contributed by atoms with Crippen molar-refractivity contribution in [2.45, 2.75) is 64.0 Å². The van der Waals surface area contributed by atoms with Crippen molar-refractivity contribution in [1.29, 1.82) is 0 Å². The Bertz CT molecular complexity index is 514. The number of ether oxygens (including phenoxy) is 1. The lowest BCUT2D eigenvalue weighted by Crippen LogP contribution is -2.45. The molecule has 0 radical (unpaired) electrons. The van der Waals surface area contributed by atoms with Crippen molar-refractivity contribution in [3.05, 3.63) is 29.8 Å². The molecule has 0 amide bonds. The fourth-order valence-corrected chi connectivity index (χ4v) is 3.16. The molecule has 1 aromatic rings. The molecular weight excluding hydrogens is 441 g/mol. The molecule has 1 aromatic carbocycles. The van der Waals surface area contributed by atoms with Crippen molar-refractivity contribution in [2.24, 2.45) is 4.99 Å². The Kier molecular flexibility index (Phi) is 11.7. The van der Waals surface area contributed by atoms with Crippen molar-refractivity contribution in [1.82, 2.24) is 10.6 Å². The average Bonchev–Trinajstić information content (AvgIpc) is 2.64. The van der Waals surface area contributed by atoms with Gasteiger partial charge >= 0.3 is 0 Å². The highest BCUT2D eigenvalue weighted by Gasteiger charge is 2.19. The van der Waals surface area contributed by atoms with Crippen LogP contribution in [0.2, 0.25) is 0 Å². The molecule has 0 saturated heterocycles. The number of hydrogen-bond acceptors (Lipinski definition) is 3. The quantitative estimate of drug-likeness (QED) is 0.233. The van der Waals surface area contributed by atoms with Gasteiger partial charge in [-0.1, -0.05) is 12.1 Å². The number of benzene rings is 1. The number of aliphatic hydroxyl groups excluding tert-OH is 1. The van der Waals surface area contributed by atoms with E-state index in [9.17, 15) is 5.11 Å². The first-order chi connectivity index (χ1) is 12.2. The highest BCUT2D eigenvalue weighted by molar-refractivity contribution is 14.0. The SMILES string of the molecule is CCNC(=NCCCCc1ccc(OC)cc1)NC1CCC(O)CC1.I. The van der Waals surface area contributed by atoms with Crippen molar-refractivity contribution in [2.75, 3.05) is 20.2 Å². The predicted octanol–water partition coefficient (Wildman–Crippen LogP) is 3.49. The fourth-order valence-electron chi connectivity index (χ4n) is 3.16. The van der Waals surface area contributed by atoms with E-state index in [2.05, 4.69) is 29.7 Å². The van der Waals surface area contributed by atoms with E-state index in [1.165, 1.54) is 5.56 Å². The number of aryl methyl sites for hydroxylation is 1. The molecule has 0 spiro atoms. The van der Waals surface area contributed by atoms with E-state index in [0.29, 0.717) is 6.04 Å². The number of nitrogens with zero attached hydrogens (tertiary/aromatic N) is 1. The minimum Gasteiger partial charge on any atom is -0.497 e. The summed E-state index contributed by atoms with van der Waals surface area (Å²) >= 11 is 0. The Hall–Kier alpha value is -1.02. The summed E-state index contributed by atoms with van der Waals surface area (Å²) in [6.07, 6.45) is 6.97. The number of unbranched alkanes of at least 4 members (excludes halogenated alkanes) is 1. The molecule has 0 aromatic heterocycles. The number of aliphatic imine (C=N–C) groups is 1. The number of methoxy groups -OCH3 is 1. The van der Waals surface area contributed by atoms with Gasteiger partial charge in [-0.2, -0.15) is 0 Å². The molecule has 5 nitrogen and oxygen atoms in total. The molecule has 1 saturated carbocycles. The number of rotatable bonds is 8. The van der Waals surface area contributed by atoms with Crippen LogP contribution in [-0.2, 0) is 6.42 Å². The molecule has 0 atom stereocenters. The van der Waals surface area contributed by atoms with Crippen LogP contribution in [0.5, 0.6) is 5.75 Å². The maximum Gasteiger partial charge on any atom is 0.191 e. The van der Waals surface area contributed by atoms with E-state index >= 15 is 0 Å². The van der Waals surface area contributed by atoms with Crippen LogP contribution in [0.4, 0.5) is 0 Å². The van der Waals surface area contributed by atoms with Gasteiger partial charge in [-0.15, -0.1) is 24.0 Å². The minimum atomic E-state index is -0.115. The van der Waals surface area contributed by atoms with Crippen LogP contribution < -0.4 is 15.4 Å². The van der Waals surface area contributed by atoms with Gasteiger partial charge in [-0.25, -0.2) is 0 Å². The summed E-state index contributed by atoms with van der Waals surface area (Å²) in [5, 5.41) is 16.4. The summed E-state index contributed by atoms with van der Waals surface area (Å²) in [6.45, 7) is 3.79. The zero-order valence-corrected chi connectivity index (χ0v) is 18.4. The fraction of sp³-hybridized carbons (Fsp3) is 0.650. The van der Waals surface area contributed by atoms with Crippen molar-refractivity contribution in [3.63, 3.8) is 0 Å². The summed E-state index contributed by atoms with van der Waals surface area (Å²) in [6, 6.07) is 8.72. The number of halogens is 1. The van der Waals surface area contributed by atoms with Crippen LogP contribution in [0.15, 0.2) is 29.3 Å². The van der Waals surface area contributed by atoms with E-state index in [0.717, 1.165) is 69.7 Å². The lowest BCUT2D eigenvalue weighted by molar-refractivity contribution is 0.120. The van der Waals surface area contributed by atoms with Gasteiger partial charge in [0.1, 0.15) is 5.75 Å². The van der Waals surface area contributed by atoms with E-state index in [1.807, 2.05) is 12.1 Å². The standard InChI is InChI=1S/C20H33N3O2.HI/c1-3-21-20(23-17-9-11-18(24)12-10-17)22-15-5-4-6-16-7-13-19(25-2)14-8-16;/h7-8,13-14,17-18,24H,3-6,9-12,15H2,1-2H3,(H2,21,22,23);1H. The third kappa shape index (κ3) is 8.58. The molecule has 0 heterocycles. The molecule has 0 bridgehead atoms. The molecule has 26 heavy (non-hydrogen) atoms. The third-order valence-corrected chi connectivity index (χ3v) is 4.68. The Morgan fingerprint density at radius 3 is 2.46 bits per heavy atom. The van der Waals surface area contributed by atoms with E-state index in [-0.39, 0.29) is 30.1 Å². The maximum absolute atomic E-state index is 9.61. The van der Waals surface area contributed by atoms with Gasteiger partial charge in [0.2, 0.25) is 0 Å². The Labute approximate surface area is 175 Å². The molecule has 0 aliphatic heterocycles. The molecule has 0 unspecified atom stereocenters. The van der Waals surface area contributed by atoms with Gasteiger partial charge in [0, 0.05) is 19.1 Å². The molecular formula is C20H34IN3O2. The normalized spacial score (nSPS) is 20.2. The lowest BCUT2D eigenvalue weighted by atomic mass is 9.93. The molecule has 1 fully saturated rings. The van der Waals surface area contributed by atoms with Crippen LogP contribution in [0, 0.1) is 0 Å². The molecule has 2 rings (SSSR count). The first-order valence-electron chi connectivity index (χ1n) is 9.57. The van der Waals surface area contributed by atoms with Crippen LogP contribution in [0.1, 0.15) is 51.0 Å². The highest BCUT2D eigenvalue weighted by atomic mass is 127. The Morgan fingerprint density at radius 1 is 1.15 bits per heavy atom. The second-order valence-corrected chi connectivity index (χ2v) is 6.72. The first kappa shape index (κ1) is 23.0. The van der Waals surface area contributed by atoms with E-state index in [4.69, 9.17) is 9.73 Å². The van der Waals surface area contributed by atoms with Crippen LogP contribution >= 0.6 is 24.0 Å². The molecule has 1 aliphatic rings. The summed E-state index contributed by atoms with van der Waals surface area (Å²) < 4.78 is 5.18. The first-order valence-corrected chi connectivity index (χ1v) is 9.57. The lowest BCUT2D eigenvalue weighted by Gasteiger charge is -2.27. The second kappa shape index (κ2) is 13.2. The van der Waals surface area contributed by atoms with Gasteiger partial charge in [0.25, 0.3) is 0 Å². The monoisotopic (exact) mass is 475 g/mol. The van der Waals surface area contributed by atoms with Crippen molar-refractivity contribution in [3.8, 4) is 5.75 Å². The second-order valence-electron chi connectivity index (χ2n) is 6.72. The van der Waals surface area contributed by atoms with Gasteiger partial charge in [0.05, 0.1) is 13.2 Å². The zero-order chi connectivity index (χ0) is 17.9. The predicted molar refractivity (Wildman–Crippen MR) is 119 cm³/mol. The minimum absolute atomic E-state index is 0. The van der Waals surface area contributed by atoms with Crippen LogP contribution in [0.3, 0.4) is 0 Å². The molecule has 3 N–H and O–H groups in total. The summed E-state index contributed by atoms with van der Waals surface area (Å²) in [5.74, 6) is 1.82. The van der Waals surface area contributed by atoms with E-state index < -0.39 is 0 Å². The number of guanidine groups is 1. The van der Waals surface area contributed by atoms with Gasteiger partial charge in [0.15, 0.2) is 5.96 Å². The van der Waals surface area contributed by atoms with Gasteiger partial charge < -0.3 is 20.5 Å². The van der Waals surface area contributed by atoms with E-state index in [1.54, 1.807) is 7.11 Å². The van der Waals surface area contributed by atoms with Crippen molar-refractivity contribution < 1.29 is 9.84 Å². The number of aliphatic hydroxyl groups is 1. The molecule has 148 valence electrons. The number of hydrogen-bond donors (Lipinski definition) is 3. The summed E-state index contributed by atoms with van der Waals surface area (Å²) in [7, 11) is 1.69. The Balaban J connectivity index is 0.00000338.